The fraction of sp³-hybridized carbons (Fsp3) is 0.250. The molecule has 28 heavy (non-hydrogen) atoms. The summed E-state index contributed by atoms with van der Waals surface area (Å²) < 4.78 is 0. The summed E-state index contributed by atoms with van der Waals surface area (Å²) in [4.78, 5) is 16.8. The summed E-state index contributed by atoms with van der Waals surface area (Å²) in [5.74, 6) is 0.480. The summed E-state index contributed by atoms with van der Waals surface area (Å²) in [6, 6.07) is 21.8. The van der Waals surface area contributed by atoms with Crippen LogP contribution in [0.25, 0.3) is 11.1 Å². The van der Waals surface area contributed by atoms with Gasteiger partial charge in [-0.15, -0.1) is 0 Å². The summed E-state index contributed by atoms with van der Waals surface area (Å²) in [5, 5.41) is 6.05. The van der Waals surface area contributed by atoms with E-state index < -0.39 is 0 Å². The van der Waals surface area contributed by atoms with E-state index in [0.717, 1.165) is 34.5 Å². The minimum absolute atomic E-state index is 0.0136. The van der Waals surface area contributed by atoms with E-state index in [1.54, 1.807) is 0 Å². The van der Waals surface area contributed by atoms with Crippen LogP contribution in [0.5, 0.6) is 0 Å². The first-order valence-electron chi connectivity index (χ1n) is 9.67. The summed E-state index contributed by atoms with van der Waals surface area (Å²) in [5.41, 5.74) is 5.08. The molecule has 2 aromatic carbocycles. The van der Waals surface area contributed by atoms with Gasteiger partial charge in [-0.2, -0.15) is 0 Å². The van der Waals surface area contributed by atoms with E-state index in [2.05, 4.69) is 41.6 Å². The maximum Gasteiger partial charge on any atom is 0.319 e. The molecule has 1 atom stereocenters. The Bertz CT molecular complexity index is 905. The van der Waals surface area contributed by atoms with Gasteiger partial charge in [0.1, 0.15) is 0 Å². The summed E-state index contributed by atoms with van der Waals surface area (Å²) in [7, 11) is 0. The van der Waals surface area contributed by atoms with E-state index in [4.69, 9.17) is 0 Å². The standard InChI is InChI=1S/C24H27N3O/c1-17(2)15-23(20-7-5-4-6-8-20)27-24(28)26-22-11-9-19(10-12-22)21-13-14-25-18(3)16-21/h4-14,16-17,23H,15H2,1-3H3,(H2,26,27,28). The van der Waals surface area contributed by atoms with E-state index in [9.17, 15) is 4.79 Å². The average Bonchev–Trinajstić information content (AvgIpc) is 2.68. The lowest BCUT2D eigenvalue weighted by Gasteiger charge is -2.21. The van der Waals surface area contributed by atoms with Crippen LogP contribution in [-0.2, 0) is 0 Å². The zero-order chi connectivity index (χ0) is 19.9. The minimum Gasteiger partial charge on any atom is -0.331 e. The monoisotopic (exact) mass is 373 g/mol. The lowest BCUT2D eigenvalue weighted by molar-refractivity contribution is 0.246. The lowest BCUT2D eigenvalue weighted by atomic mass is 9.97. The number of aryl methyl sites for hydroxylation is 1. The van der Waals surface area contributed by atoms with Crippen molar-refractivity contribution in [3.05, 3.63) is 84.2 Å². The molecule has 1 heterocycles. The highest BCUT2D eigenvalue weighted by Gasteiger charge is 2.16. The molecule has 2 N–H and O–H groups in total. The van der Waals surface area contributed by atoms with Gasteiger partial charge in [-0.3, -0.25) is 4.98 Å². The number of carbonyl (C=O) groups excluding carboxylic acids is 1. The van der Waals surface area contributed by atoms with Crippen molar-refractivity contribution < 1.29 is 4.79 Å². The van der Waals surface area contributed by atoms with E-state index in [1.807, 2.05) is 67.7 Å². The molecule has 1 aromatic heterocycles. The Morgan fingerprint density at radius 3 is 2.32 bits per heavy atom. The van der Waals surface area contributed by atoms with Crippen molar-refractivity contribution in [2.24, 2.45) is 5.92 Å². The first-order chi connectivity index (χ1) is 13.5. The van der Waals surface area contributed by atoms with Crippen molar-refractivity contribution in [3.63, 3.8) is 0 Å². The van der Waals surface area contributed by atoms with Crippen molar-refractivity contribution in [3.8, 4) is 11.1 Å². The zero-order valence-electron chi connectivity index (χ0n) is 16.6. The van der Waals surface area contributed by atoms with Crippen LogP contribution >= 0.6 is 0 Å². The smallest absolute Gasteiger partial charge is 0.319 e. The Balaban J connectivity index is 1.66. The Labute approximate surface area is 167 Å². The number of nitrogens with one attached hydrogen (secondary N) is 2. The largest absolute Gasteiger partial charge is 0.331 e. The van der Waals surface area contributed by atoms with Crippen molar-refractivity contribution in [1.82, 2.24) is 10.3 Å². The van der Waals surface area contributed by atoms with Crippen LogP contribution in [0.15, 0.2) is 72.9 Å². The zero-order valence-corrected chi connectivity index (χ0v) is 16.6. The number of rotatable bonds is 6. The van der Waals surface area contributed by atoms with Gasteiger partial charge in [-0.1, -0.05) is 56.3 Å². The number of nitrogens with zero attached hydrogens (tertiary/aromatic N) is 1. The molecule has 0 radical (unpaired) electrons. The van der Waals surface area contributed by atoms with Gasteiger partial charge in [-0.05, 0) is 60.2 Å². The normalized spacial score (nSPS) is 11.9. The third kappa shape index (κ3) is 5.43. The van der Waals surface area contributed by atoms with Crippen LogP contribution in [0.2, 0.25) is 0 Å². The molecule has 0 spiro atoms. The van der Waals surface area contributed by atoms with Crippen LogP contribution in [0, 0.1) is 12.8 Å². The first-order valence-corrected chi connectivity index (χ1v) is 9.67. The predicted molar refractivity (Wildman–Crippen MR) is 115 cm³/mol. The number of benzene rings is 2. The fourth-order valence-electron chi connectivity index (χ4n) is 3.23. The van der Waals surface area contributed by atoms with Gasteiger partial charge in [0.25, 0.3) is 0 Å². The highest BCUT2D eigenvalue weighted by molar-refractivity contribution is 5.89. The fourth-order valence-corrected chi connectivity index (χ4v) is 3.23. The highest BCUT2D eigenvalue weighted by Crippen LogP contribution is 2.23. The molecule has 4 heteroatoms. The molecule has 0 aliphatic rings. The van der Waals surface area contributed by atoms with Crippen LogP contribution in [-0.4, -0.2) is 11.0 Å². The Morgan fingerprint density at radius 1 is 0.964 bits per heavy atom. The summed E-state index contributed by atoms with van der Waals surface area (Å²) in [6.07, 6.45) is 2.69. The molecule has 0 saturated carbocycles. The third-order valence-corrected chi connectivity index (χ3v) is 4.59. The Morgan fingerprint density at radius 2 is 1.68 bits per heavy atom. The second kappa shape index (κ2) is 9.18. The highest BCUT2D eigenvalue weighted by atomic mass is 16.2. The van der Waals surface area contributed by atoms with Gasteiger partial charge in [0.05, 0.1) is 6.04 Å². The van der Waals surface area contributed by atoms with E-state index in [1.165, 1.54) is 0 Å². The molecular formula is C24H27N3O. The molecule has 0 aliphatic carbocycles. The van der Waals surface area contributed by atoms with Crippen molar-refractivity contribution >= 4 is 11.7 Å². The predicted octanol–water partition coefficient (Wildman–Crippen LogP) is 5.97. The molecule has 4 nitrogen and oxygen atoms in total. The van der Waals surface area contributed by atoms with E-state index >= 15 is 0 Å². The van der Waals surface area contributed by atoms with Crippen molar-refractivity contribution in [2.45, 2.75) is 33.2 Å². The van der Waals surface area contributed by atoms with Crippen molar-refractivity contribution in [1.29, 1.82) is 0 Å². The maximum atomic E-state index is 12.5. The molecule has 1 unspecified atom stereocenters. The van der Waals surface area contributed by atoms with E-state index in [0.29, 0.717) is 5.92 Å². The second-order valence-electron chi connectivity index (χ2n) is 7.45. The Hall–Kier alpha value is -3.14. The van der Waals surface area contributed by atoms with E-state index in [-0.39, 0.29) is 12.1 Å². The van der Waals surface area contributed by atoms with Gasteiger partial charge >= 0.3 is 6.03 Å². The van der Waals surface area contributed by atoms with Crippen LogP contribution in [0.4, 0.5) is 10.5 Å². The molecule has 144 valence electrons. The minimum atomic E-state index is -0.193. The van der Waals surface area contributed by atoms with Crippen molar-refractivity contribution in [2.75, 3.05) is 5.32 Å². The van der Waals surface area contributed by atoms with Gasteiger partial charge in [0.2, 0.25) is 0 Å². The number of carbonyl (C=O) groups is 1. The molecule has 0 bridgehead atoms. The topological polar surface area (TPSA) is 54.0 Å². The van der Waals surface area contributed by atoms with Gasteiger partial charge < -0.3 is 10.6 Å². The molecule has 3 rings (SSSR count). The number of hydrogen-bond donors (Lipinski definition) is 2. The summed E-state index contributed by atoms with van der Waals surface area (Å²) >= 11 is 0. The quantitative estimate of drug-likeness (QED) is 0.559. The molecule has 0 saturated heterocycles. The lowest BCUT2D eigenvalue weighted by Crippen LogP contribution is -2.33. The third-order valence-electron chi connectivity index (χ3n) is 4.59. The molecular weight excluding hydrogens is 346 g/mol. The summed E-state index contributed by atoms with van der Waals surface area (Å²) in [6.45, 7) is 6.30. The average molecular weight is 374 g/mol. The molecule has 3 aromatic rings. The number of urea groups is 1. The van der Waals surface area contributed by atoms with Gasteiger partial charge in [-0.25, -0.2) is 4.79 Å². The number of anilines is 1. The molecule has 2 amide bonds. The maximum absolute atomic E-state index is 12.5. The van der Waals surface area contributed by atoms with Crippen LogP contribution < -0.4 is 10.6 Å². The number of pyridine rings is 1. The van der Waals surface area contributed by atoms with Gasteiger partial charge in [0, 0.05) is 17.6 Å². The van der Waals surface area contributed by atoms with Crippen LogP contribution in [0.1, 0.15) is 37.6 Å². The number of aromatic nitrogens is 1. The van der Waals surface area contributed by atoms with Crippen LogP contribution in [0.3, 0.4) is 0 Å². The first kappa shape index (κ1) is 19.6. The number of amides is 2. The van der Waals surface area contributed by atoms with Gasteiger partial charge in [0.15, 0.2) is 0 Å². The molecule has 0 aliphatic heterocycles. The Kier molecular flexibility index (Phi) is 6.43. The number of hydrogen-bond acceptors (Lipinski definition) is 2. The second-order valence-corrected chi connectivity index (χ2v) is 7.45. The SMILES string of the molecule is Cc1cc(-c2ccc(NC(=O)NC(CC(C)C)c3ccccc3)cc2)ccn1. The molecule has 0 fully saturated rings.